The van der Waals surface area contributed by atoms with Crippen LogP contribution >= 0.6 is 0 Å². The van der Waals surface area contributed by atoms with Crippen LogP contribution in [0.1, 0.15) is 6.92 Å². The first kappa shape index (κ1) is 11.6. The molecule has 0 rings (SSSR count). The molecule has 0 amide bonds. The molecule has 0 aromatic carbocycles. The van der Waals surface area contributed by atoms with Crippen molar-refractivity contribution < 1.29 is 10.2 Å². The van der Waals surface area contributed by atoms with E-state index in [1.54, 1.807) is 0 Å². The van der Waals surface area contributed by atoms with Crippen LogP contribution in [-0.2, 0) is 0 Å². The molecule has 0 atom stereocenters. The summed E-state index contributed by atoms with van der Waals surface area (Å²) in [6, 6.07) is 0. The van der Waals surface area contributed by atoms with Gasteiger partial charge in [-0.25, -0.2) is 0 Å². The van der Waals surface area contributed by atoms with Crippen LogP contribution in [0.5, 0.6) is 0 Å². The van der Waals surface area contributed by atoms with Crippen molar-refractivity contribution in [3.8, 4) is 0 Å². The largest absolute Gasteiger partial charge is 0.400 e. The fourth-order valence-corrected chi connectivity index (χ4v) is 0.329. The van der Waals surface area contributed by atoms with E-state index in [0.717, 1.165) is 20.2 Å². The third kappa shape index (κ3) is 11.4. The summed E-state index contributed by atoms with van der Waals surface area (Å²) in [7, 11) is 2.98. The highest BCUT2D eigenvalue weighted by atomic mass is 16.3. The van der Waals surface area contributed by atoms with Gasteiger partial charge in [0.25, 0.3) is 0 Å². The number of rotatable bonds is 3. The van der Waals surface area contributed by atoms with Gasteiger partial charge in [-0.15, -0.1) is 0 Å². The Morgan fingerprint density at radius 2 is 1.78 bits per heavy atom. The number of hydrogen-bond acceptors (Lipinski definition) is 3. The SMILES string of the molecule is CCN(C)CCO.CO. The first-order valence-corrected chi connectivity index (χ1v) is 3.05. The molecule has 9 heavy (non-hydrogen) atoms. The van der Waals surface area contributed by atoms with Crippen LogP contribution in [0.2, 0.25) is 0 Å². The zero-order valence-electron chi connectivity index (χ0n) is 6.46. The van der Waals surface area contributed by atoms with Gasteiger partial charge in [-0.3, -0.25) is 0 Å². The summed E-state index contributed by atoms with van der Waals surface area (Å²) in [5.74, 6) is 0. The molecule has 0 saturated carbocycles. The van der Waals surface area contributed by atoms with Crippen molar-refractivity contribution in [3.05, 3.63) is 0 Å². The first-order valence-electron chi connectivity index (χ1n) is 3.05. The maximum Gasteiger partial charge on any atom is 0.0558 e. The van der Waals surface area contributed by atoms with E-state index in [1.807, 2.05) is 7.05 Å². The molecule has 0 spiro atoms. The highest BCUT2D eigenvalue weighted by Crippen LogP contribution is 1.75. The molecule has 3 nitrogen and oxygen atoms in total. The van der Waals surface area contributed by atoms with E-state index in [2.05, 4.69) is 11.8 Å². The average molecular weight is 135 g/mol. The summed E-state index contributed by atoms with van der Waals surface area (Å²) in [6.45, 7) is 4.14. The van der Waals surface area contributed by atoms with Gasteiger partial charge >= 0.3 is 0 Å². The summed E-state index contributed by atoms with van der Waals surface area (Å²) in [6.07, 6.45) is 0. The van der Waals surface area contributed by atoms with E-state index >= 15 is 0 Å². The molecule has 2 N–H and O–H groups in total. The topological polar surface area (TPSA) is 43.7 Å². The van der Waals surface area contributed by atoms with Gasteiger partial charge in [0.1, 0.15) is 0 Å². The lowest BCUT2D eigenvalue weighted by molar-refractivity contribution is 0.227. The Bertz CT molecular complexity index is 42.0. The van der Waals surface area contributed by atoms with Gasteiger partial charge in [0, 0.05) is 13.7 Å². The molecular formula is C6H17NO2. The summed E-state index contributed by atoms with van der Waals surface area (Å²) in [4.78, 5) is 2.06. The van der Waals surface area contributed by atoms with Crippen LogP contribution in [0.25, 0.3) is 0 Å². The van der Waals surface area contributed by atoms with Crippen molar-refractivity contribution in [1.29, 1.82) is 0 Å². The van der Waals surface area contributed by atoms with Gasteiger partial charge in [-0.05, 0) is 13.6 Å². The maximum atomic E-state index is 8.33. The molecule has 0 fully saturated rings. The van der Waals surface area contributed by atoms with Crippen molar-refractivity contribution in [3.63, 3.8) is 0 Å². The second-order valence-electron chi connectivity index (χ2n) is 1.62. The number of aliphatic hydroxyl groups is 2. The summed E-state index contributed by atoms with van der Waals surface area (Å²) < 4.78 is 0. The quantitative estimate of drug-likeness (QED) is 0.550. The van der Waals surface area contributed by atoms with Gasteiger partial charge in [0.15, 0.2) is 0 Å². The predicted octanol–water partition coefficient (Wildman–Crippen LogP) is -0.461. The van der Waals surface area contributed by atoms with E-state index in [1.165, 1.54) is 0 Å². The highest BCUT2D eigenvalue weighted by molar-refractivity contribution is 4.41. The Hall–Kier alpha value is -0.120. The molecule has 0 heterocycles. The first-order chi connectivity index (χ1) is 4.31. The van der Waals surface area contributed by atoms with Crippen molar-refractivity contribution in [2.45, 2.75) is 6.92 Å². The Balaban J connectivity index is 0. The van der Waals surface area contributed by atoms with Crippen LogP contribution in [0.15, 0.2) is 0 Å². The minimum atomic E-state index is 0.268. The normalized spacial score (nSPS) is 8.67. The molecule has 0 bridgehead atoms. The monoisotopic (exact) mass is 135 g/mol. The van der Waals surface area contributed by atoms with Crippen LogP contribution in [0, 0.1) is 0 Å². The second kappa shape index (κ2) is 10.8. The maximum absolute atomic E-state index is 8.33. The fraction of sp³-hybridized carbons (Fsp3) is 1.00. The fourth-order valence-electron chi connectivity index (χ4n) is 0.329. The van der Waals surface area contributed by atoms with Crippen LogP contribution in [-0.4, -0.2) is 49.0 Å². The Morgan fingerprint density at radius 1 is 1.33 bits per heavy atom. The van der Waals surface area contributed by atoms with Gasteiger partial charge < -0.3 is 15.1 Å². The van der Waals surface area contributed by atoms with Crippen molar-refractivity contribution in [2.24, 2.45) is 0 Å². The zero-order chi connectivity index (χ0) is 7.70. The molecule has 0 radical (unpaired) electrons. The Labute approximate surface area is 56.9 Å². The molecule has 0 aliphatic heterocycles. The van der Waals surface area contributed by atoms with E-state index in [4.69, 9.17) is 10.2 Å². The van der Waals surface area contributed by atoms with Crippen LogP contribution < -0.4 is 0 Å². The van der Waals surface area contributed by atoms with Crippen molar-refractivity contribution >= 4 is 0 Å². The number of nitrogens with zero attached hydrogens (tertiary/aromatic N) is 1. The second-order valence-corrected chi connectivity index (χ2v) is 1.62. The zero-order valence-corrected chi connectivity index (χ0v) is 6.46. The van der Waals surface area contributed by atoms with Gasteiger partial charge in [0.05, 0.1) is 6.61 Å². The van der Waals surface area contributed by atoms with E-state index in [-0.39, 0.29) is 6.61 Å². The lowest BCUT2D eigenvalue weighted by atomic mass is 10.6. The summed E-state index contributed by atoms with van der Waals surface area (Å²) in [5, 5.41) is 15.3. The average Bonchev–Trinajstić information content (AvgIpc) is 1.93. The molecule has 0 aliphatic carbocycles. The molecule has 0 aromatic heterocycles. The predicted molar refractivity (Wildman–Crippen MR) is 38.4 cm³/mol. The van der Waals surface area contributed by atoms with Crippen LogP contribution in [0.3, 0.4) is 0 Å². The number of aliphatic hydroxyl groups excluding tert-OH is 2. The molecule has 0 aromatic rings. The third-order valence-electron chi connectivity index (χ3n) is 1.02. The van der Waals surface area contributed by atoms with Gasteiger partial charge in [-0.1, -0.05) is 6.92 Å². The number of hydrogen-bond donors (Lipinski definition) is 2. The number of likely N-dealkylation sites (N-methyl/N-ethyl adjacent to an activating group) is 1. The van der Waals surface area contributed by atoms with Gasteiger partial charge in [0.2, 0.25) is 0 Å². The molecule has 3 heteroatoms. The van der Waals surface area contributed by atoms with E-state index in [9.17, 15) is 0 Å². The lowest BCUT2D eigenvalue weighted by Gasteiger charge is -2.09. The van der Waals surface area contributed by atoms with Crippen LogP contribution in [0.4, 0.5) is 0 Å². The molecule has 0 saturated heterocycles. The molecular weight excluding hydrogens is 118 g/mol. The van der Waals surface area contributed by atoms with Crippen molar-refractivity contribution in [1.82, 2.24) is 4.90 Å². The molecule has 0 aliphatic rings. The minimum Gasteiger partial charge on any atom is -0.400 e. The summed E-state index contributed by atoms with van der Waals surface area (Å²) >= 11 is 0. The van der Waals surface area contributed by atoms with Crippen molar-refractivity contribution in [2.75, 3.05) is 33.9 Å². The standard InChI is InChI=1S/C5H13NO.CH4O/c1-3-6(2)4-5-7;1-2/h7H,3-5H2,1-2H3;2H,1H3. The molecule has 0 unspecified atom stereocenters. The smallest absolute Gasteiger partial charge is 0.0558 e. The molecule has 58 valence electrons. The highest BCUT2D eigenvalue weighted by Gasteiger charge is 1.87. The van der Waals surface area contributed by atoms with E-state index < -0.39 is 0 Å². The van der Waals surface area contributed by atoms with Gasteiger partial charge in [-0.2, -0.15) is 0 Å². The van der Waals surface area contributed by atoms with E-state index in [0.29, 0.717) is 0 Å². The minimum absolute atomic E-state index is 0.268. The summed E-state index contributed by atoms with van der Waals surface area (Å²) in [5.41, 5.74) is 0. The Morgan fingerprint density at radius 3 is 1.89 bits per heavy atom. The Kier molecular flexibility index (Phi) is 14.0. The third-order valence-corrected chi connectivity index (χ3v) is 1.02. The lowest BCUT2D eigenvalue weighted by Crippen LogP contribution is -2.20.